The van der Waals surface area contributed by atoms with Gasteiger partial charge in [-0.2, -0.15) is 5.26 Å². The van der Waals surface area contributed by atoms with Gasteiger partial charge in [-0.3, -0.25) is 0 Å². The average Bonchev–Trinajstić information content (AvgIpc) is 3.82. The Morgan fingerprint density at radius 1 is 0.362 bits per heavy atom. The lowest BCUT2D eigenvalue weighted by Gasteiger charge is -2.16. The molecule has 6 nitrogen and oxygen atoms in total. The van der Waals surface area contributed by atoms with E-state index in [0.29, 0.717) is 23.0 Å². The Labute approximate surface area is 334 Å². The number of nitrogens with zero attached hydrogens (tertiary/aromatic N) is 6. The molecule has 3 heterocycles. The first kappa shape index (κ1) is 33.2. The third-order valence-corrected chi connectivity index (χ3v) is 11.0. The van der Waals surface area contributed by atoms with Gasteiger partial charge in [-0.1, -0.05) is 146 Å². The first-order chi connectivity index (χ1) is 28.8. The molecular formula is C52H32N6. The Morgan fingerprint density at radius 3 is 1.36 bits per heavy atom. The van der Waals surface area contributed by atoms with Gasteiger partial charge in [0.1, 0.15) is 6.07 Å². The Kier molecular flexibility index (Phi) is 7.76. The van der Waals surface area contributed by atoms with Gasteiger partial charge in [0.25, 0.3) is 0 Å². The summed E-state index contributed by atoms with van der Waals surface area (Å²) in [5.74, 6) is 1.61. The summed E-state index contributed by atoms with van der Waals surface area (Å²) in [5.41, 5.74) is 11.4. The second kappa shape index (κ2) is 13.6. The fraction of sp³-hybridized carbons (Fsp3) is 0. The molecule has 58 heavy (non-hydrogen) atoms. The Bertz CT molecular complexity index is 3340. The predicted octanol–water partition coefficient (Wildman–Crippen LogP) is 12.6. The van der Waals surface area contributed by atoms with E-state index in [-0.39, 0.29) is 0 Å². The number of aromatic nitrogens is 5. The van der Waals surface area contributed by atoms with Crippen molar-refractivity contribution in [3.05, 3.63) is 200 Å². The summed E-state index contributed by atoms with van der Waals surface area (Å²) in [5, 5.41) is 15.4. The standard InChI is InChI=1S/C52H32N6/c53-33-36-21-14-28-42(52-55-50(34-17-4-1-5-18-34)54-51(56-52)35-19-6-2-7-20-35)49(36)58-44-30-13-11-25-41(44)48-39(27-16-32-46(48)58)38-26-15-31-45-47(38)40-24-10-12-29-43(40)57(45)37-22-8-3-9-23-37/h1-32H. The first-order valence-corrected chi connectivity index (χ1v) is 19.3. The van der Waals surface area contributed by atoms with Crippen LogP contribution < -0.4 is 0 Å². The van der Waals surface area contributed by atoms with Crippen molar-refractivity contribution in [2.24, 2.45) is 0 Å². The molecule has 3 aromatic heterocycles. The maximum Gasteiger partial charge on any atom is 0.166 e. The number of benzene rings is 8. The fourth-order valence-corrected chi connectivity index (χ4v) is 8.57. The minimum absolute atomic E-state index is 0.486. The molecule has 0 N–H and O–H groups in total. The van der Waals surface area contributed by atoms with E-state index in [1.807, 2.05) is 78.9 Å². The summed E-state index contributed by atoms with van der Waals surface area (Å²) in [6, 6.07) is 69.1. The monoisotopic (exact) mass is 740 g/mol. The molecule has 0 amide bonds. The van der Waals surface area contributed by atoms with E-state index in [0.717, 1.165) is 72.0 Å². The van der Waals surface area contributed by atoms with E-state index in [1.165, 1.54) is 10.8 Å². The number of rotatable bonds is 6. The Balaban J connectivity index is 1.21. The summed E-state index contributed by atoms with van der Waals surface area (Å²) >= 11 is 0. The topological polar surface area (TPSA) is 72.3 Å². The molecule has 0 saturated heterocycles. The molecular weight excluding hydrogens is 709 g/mol. The van der Waals surface area contributed by atoms with Crippen LogP contribution in [-0.2, 0) is 0 Å². The van der Waals surface area contributed by atoms with Gasteiger partial charge in [0.05, 0.1) is 33.3 Å². The van der Waals surface area contributed by atoms with Crippen LogP contribution in [0.3, 0.4) is 0 Å². The normalized spacial score (nSPS) is 11.4. The van der Waals surface area contributed by atoms with Gasteiger partial charge in [0, 0.05) is 43.9 Å². The van der Waals surface area contributed by atoms with Crippen LogP contribution in [0.1, 0.15) is 5.56 Å². The van der Waals surface area contributed by atoms with Crippen LogP contribution in [0.2, 0.25) is 0 Å². The second-order valence-electron chi connectivity index (χ2n) is 14.3. The predicted molar refractivity (Wildman–Crippen MR) is 235 cm³/mol. The molecule has 8 aromatic carbocycles. The van der Waals surface area contributed by atoms with Crippen molar-refractivity contribution in [1.29, 1.82) is 5.26 Å². The summed E-state index contributed by atoms with van der Waals surface area (Å²) in [6.07, 6.45) is 0. The molecule has 0 atom stereocenters. The molecule has 0 unspecified atom stereocenters. The third kappa shape index (κ3) is 5.22. The van der Waals surface area contributed by atoms with Crippen molar-refractivity contribution in [2.45, 2.75) is 0 Å². The minimum atomic E-state index is 0.486. The van der Waals surface area contributed by atoms with Gasteiger partial charge in [0.15, 0.2) is 17.5 Å². The number of hydrogen-bond acceptors (Lipinski definition) is 4. The van der Waals surface area contributed by atoms with E-state index in [2.05, 4.69) is 130 Å². The smallest absolute Gasteiger partial charge is 0.166 e. The maximum absolute atomic E-state index is 10.8. The van der Waals surface area contributed by atoms with Crippen LogP contribution in [-0.4, -0.2) is 24.1 Å². The SMILES string of the molecule is N#Cc1cccc(-c2nc(-c3ccccc3)nc(-c3ccccc3)n2)c1-n1c2ccccc2c2c(-c3cccc4c3c3ccccc3n4-c3ccccc3)cccc21. The van der Waals surface area contributed by atoms with Crippen LogP contribution in [0.4, 0.5) is 0 Å². The first-order valence-electron chi connectivity index (χ1n) is 19.3. The number of hydrogen-bond donors (Lipinski definition) is 0. The van der Waals surface area contributed by atoms with E-state index in [4.69, 9.17) is 15.0 Å². The van der Waals surface area contributed by atoms with Crippen LogP contribution in [0.5, 0.6) is 0 Å². The molecule has 11 rings (SSSR count). The summed E-state index contributed by atoms with van der Waals surface area (Å²) < 4.78 is 4.58. The molecule has 11 aromatic rings. The van der Waals surface area contributed by atoms with Gasteiger partial charge in [0.2, 0.25) is 0 Å². The molecule has 0 saturated carbocycles. The van der Waals surface area contributed by atoms with Crippen LogP contribution in [0.25, 0.3) is 100 Å². The minimum Gasteiger partial charge on any atom is -0.309 e. The highest BCUT2D eigenvalue weighted by atomic mass is 15.1. The lowest BCUT2D eigenvalue weighted by molar-refractivity contribution is 1.06. The molecule has 0 bridgehead atoms. The van der Waals surface area contributed by atoms with Crippen molar-refractivity contribution in [2.75, 3.05) is 0 Å². The van der Waals surface area contributed by atoms with Crippen molar-refractivity contribution in [1.82, 2.24) is 24.1 Å². The quantitative estimate of drug-likeness (QED) is 0.170. The maximum atomic E-state index is 10.8. The molecule has 0 aliphatic rings. The highest BCUT2D eigenvalue weighted by Crippen LogP contribution is 2.45. The van der Waals surface area contributed by atoms with E-state index in [9.17, 15) is 5.26 Å². The Morgan fingerprint density at radius 2 is 0.793 bits per heavy atom. The van der Waals surface area contributed by atoms with Gasteiger partial charge in [-0.05, 0) is 59.7 Å². The van der Waals surface area contributed by atoms with Gasteiger partial charge >= 0.3 is 0 Å². The lowest BCUT2D eigenvalue weighted by Crippen LogP contribution is -2.05. The molecule has 0 fully saturated rings. The van der Waals surface area contributed by atoms with E-state index < -0.39 is 0 Å². The second-order valence-corrected chi connectivity index (χ2v) is 14.3. The van der Waals surface area contributed by atoms with Crippen molar-refractivity contribution < 1.29 is 0 Å². The summed E-state index contributed by atoms with van der Waals surface area (Å²) in [4.78, 5) is 15.2. The van der Waals surface area contributed by atoms with Crippen molar-refractivity contribution in [3.8, 4) is 62.7 Å². The molecule has 6 heteroatoms. The molecule has 0 spiro atoms. The zero-order valence-corrected chi connectivity index (χ0v) is 31.2. The average molecular weight is 741 g/mol. The van der Waals surface area contributed by atoms with Crippen molar-refractivity contribution in [3.63, 3.8) is 0 Å². The van der Waals surface area contributed by atoms with E-state index >= 15 is 0 Å². The van der Waals surface area contributed by atoms with Gasteiger partial charge in [-0.25, -0.2) is 15.0 Å². The molecule has 0 aliphatic heterocycles. The van der Waals surface area contributed by atoms with Crippen LogP contribution >= 0.6 is 0 Å². The molecule has 0 radical (unpaired) electrons. The summed E-state index contributed by atoms with van der Waals surface area (Å²) in [6.45, 7) is 0. The highest BCUT2D eigenvalue weighted by molar-refractivity contribution is 6.22. The van der Waals surface area contributed by atoms with Gasteiger partial charge < -0.3 is 9.13 Å². The summed E-state index contributed by atoms with van der Waals surface area (Å²) in [7, 11) is 0. The van der Waals surface area contributed by atoms with Crippen LogP contribution in [0.15, 0.2) is 194 Å². The van der Waals surface area contributed by atoms with Gasteiger partial charge in [-0.15, -0.1) is 0 Å². The number of para-hydroxylation sites is 4. The molecule has 270 valence electrons. The van der Waals surface area contributed by atoms with E-state index in [1.54, 1.807) is 0 Å². The zero-order valence-electron chi connectivity index (χ0n) is 31.2. The zero-order chi connectivity index (χ0) is 38.6. The van der Waals surface area contributed by atoms with Crippen molar-refractivity contribution >= 4 is 43.6 Å². The Hall–Kier alpha value is -8.14. The highest BCUT2D eigenvalue weighted by Gasteiger charge is 2.24. The number of nitriles is 1. The fourth-order valence-electron chi connectivity index (χ4n) is 8.57. The largest absolute Gasteiger partial charge is 0.309 e. The third-order valence-electron chi connectivity index (χ3n) is 11.0. The molecule has 0 aliphatic carbocycles. The number of fused-ring (bicyclic) bond motifs is 6. The lowest BCUT2D eigenvalue weighted by atomic mass is 9.95. The van der Waals surface area contributed by atoms with Crippen LogP contribution in [0, 0.1) is 11.3 Å².